The minimum Gasteiger partial charge on any atom is -0.446 e. The first-order valence-electron chi connectivity index (χ1n) is 14.4. The van der Waals surface area contributed by atoms with E-state index >= 15 is 0 Å². The Morgan fingerprint density at radius 2 is 1.40 bits per heavy atom. The summed E-state index contributed by atoms with van der Waals surface area (Å²) in [6.07, 6.45) is -0.156. The van der Waals surface area contributed by atoms with Crippen LogP contribution >= 0.6 is 0 Å². The molecule has 3 atom stereocenters. The molecule has 4 aromatic carbocycles. The van der Waals surface area contributed by atoms with Crippen LogP contribution in [0.5, 0.6) is 0 Å². The van der Waals surface area contributed by atoms with Crippen molar-refractivity contribution >= 4 is 23.5 Å². The zero-order valence-corrected chi connectivity index (χ0v) is 24.1. The number of hydrogen-bond donors (Lipinski definition) is 0. The molecule has 4 aromatic rings. The number of imide groups is 1. The zero-order chi connectivity index (χ0) is 29.5. The fourth-order valence-corrected chi connectivity index (χ4v) is 5.83. The fourth-order valence-electron chi connectivity index (χ4n) is 5.83. The number of carbonyl (C=O) groups is 3. The lowest BCUT2D eigenvalue weighted by atomic mass is 9.80. The fraction of sp³-hybridized carbons (Fsp3) is 0.250. The summed E-state index contributed by atoms with van der Waals surface area (Å²) in [7, 11) is 0. The van der Waals surface area contributed by atoms with Crippen molar-refractivity contribution in [1.29, 1.82) is 0 Å². The Kier molecular flexibility index (Phi) is 9.12. The molecule has 0 N–H and O–H groups in total. The minimum absolute atomic E-state index is 0.0689. The first-order valence-corrected chi connectivity index (χ1v) is 14.4. The third-order valence-corrected chi connectivity index (χ3v) is 7.94. The molecule has 6 heteroatoms. The Balaban J connectivity index is 1.47. The van der Waals surface area contributed by atoms with Crippen molar-refractivity contribution in [3.8, 4) is 0 Å². The van der Waals surface area contributed by atoms with E-state index in [1.54, 1.807) is 0 Å². The predicted molar refractivity (Wildman–Crippen MR) is 164 cm³/mol. The highest BCUT2D eigenvalue weighted by Gasteiger charge is 2.45. The van der Waals surface area contributed by atoms with Crippen LogP contribution in [0.3, 0.4) is 0 Å². The van der Waals surface area contributed by atoms with Gasteiger partial charge in [-0.15, -0.1) is 0 Å². The Morgan fingerprint density at radius 1 is 0.833 bits per heavy atom. The van der Waals surface area contributed by atoms with Gasteiger partial charge in [0.1, 0.15) is 24.3 Å². The van der Waals surface area contributed by atoms with E-state index < -0.39 is 29.9 Å². The molecule has 0 aromatic heterocycles. The summed E-state index contributed by atoms with van der Waals surface area (Å²) in [6.45, 7) is 4.88. The molecule has 0 spiro atoms. The molecule has 5 rings (SSSR count). The predicted octanol–water partition coefficient (Wildman–Crippen LogP) is 7.31. The molecule has 0 aliphatic carbocycles. The lowest BCUT2D eigenvalue weighted by molar-refractivity contribution is -0.140. The molecule has 1 saturated heterocycles. The van der Waals surface area contributed by atoms with Gasteiger partial charge in [-0.1, -0.05) is 110 Å². The van der Waals surface area contributed by atoms with Gasteiger partial charge in [-0.2, -0.15) is 0 Å². The summed E-state index contributed by atoms with van der Waals surface area (Å²) < 4.78 is 5.31. The monoisotopic (exact) mass is 560 g/mol. The number of benzene rings is 4. The van der Waals surface area contributed by atoms with Crippen LogP contribution in [0.15, 0.2) is 115 Å². The maximum atomic E-state index is 14.0. The van der Waals surface area contributed by atoms with Crippen molar-refractivity contribution in [3.63, 3.8) is 0 Å². The van der Waals surface area contributed by atoms with Gasteiger partial charge in [-0.25, -0.2) is 9.69 Å². The van der Waals surface area contributed by atoms with Crippen LogP contribution in [0.2, 0.25) is 0 Å². The number of nitrogens with zero attached hydrogens (tertiary/aromatic N) is 2. The van der Waals surface area contributed by atoms with Crippen LogP contribution in [0, 0.1) is 5.92 Å². The number of Topliss-reactive ketones (excluding diaryl/α,β-unsaturated/α-hetero) is 1. The smallest absolute Gasteiger partial charge is 0.417 e. The Hall–Kier alpha value is -4.71. The van der Waals surface area contributed by atoms with E-state index in [4.69, 9.17) is 4.74 Å². The number of hydrogen-bond acceptors (Lipinski definition) is 5. The standard InChI is InChI=1S/C36H36N2O4/c1-3-32(34(26(2)39)35(40)38-33(25-42-36(38)41)29-18-11-6-12-19-29)30-20-13-21-31(22-30)37(23-27-14-7-4-8-15-27)24-28-16-9-5-10-17-28/h4-22,32-34H,3,23-25H2,1-2H3/t32-,33-,34+/m1/s1. The molecule has 0 radical (unpaired) electrons. The Bertz CT molecular complexity index is 1470. The second kappa shape index (κ2) is 13.3. The van der Waals surface area contributed by atoms with E-state index in [-0.39, 0.29) is 12.4 Å². The second-order valence-corrected chi connectivity index (χ2v) is 10.7. The van der Waals surface area contributed by atoms with Gasteiger partial charge in [0, 0.05) is 24.7 Å². The van der Waals surface area contributed by atoms with Crippen LogP contribution in [0.1, 0.15) is 54.5 Å². The highest BCUT2D eigenvalue weighted by molar-refractivity contribution is 6.06. The molecule has 1 fully saturated rings. The van der Waals surface area contributed by atoms with Gasteiger partial charge in [0.2, 0.25) is 5.91 Å². The Labute approximate surface area is 247 Å². The molecule has 1 aliphatic rings. The van der Waals surface area contributed by atoms with Crippen molar-refractivity contribution in [2.24, 2.45) is 5.92 Å². The molecule has 0 unspecified atom stereocenters. The van der Waals surface area contributed by atoms with Gasteiger partial charge in [-0.05, 0) is 47.7 Å². The third kappa shape index (κ3) is 6.44. The van der Waals surface area contributed by atoms with Gasteiger partial charge >= 0.3 is 6.09 Å². The average molecular weight is 561 g/mol. The molecular weight excluding hydrogens is 524 g/mol. The van der Waals surface area contributed by atoms with E-state index in [1.165, 1.54) is 18.1 Å². The maximum absolute atomic E-state index is 14.0. The normalized spacial score (nSPS) is 16.0. The van der Waals surface area contributed by atoms with Crippen molar-refractivity contribution in [3.05, 3.63) is 138 Å². The number of ketones is 1. The largest absolute Gasteiger partial charge is 0.446 e. The highest BCUT2D eigenvalue weighted by atomic mass is 16.6. The molecule has 214 valence electrons. The van der Waals surface area contributed by atoms with E-state index in [0.29, 0.717) is 19.5 Å². The van der Waals surface area contributed by atoms with Crippen LogP contribution in [-0.4, -0.2) is 29.3 Å². The Morgan fingerprint density at radius 3 is 1.95 bits per heavy atom. The topological polar surface area (TPSA) is 66.9 Å². The van der Waals surface area contributed by atoms with Crippen LogP contribution in [0.25, 0.3) is 0 Å². The molecule has 0 saturated carbocycles. The number of carbonyl (C=O) groups excluding carboxylic acids is 3. The number of amides is 2. The van der Waals surface area contributed by atoms with Crippen LogP contribution in [0.4, 0.5) is 10.5 Å². The SMILES string of the molecule is CC[C@H](c1cccc(N(Cc2ccccc2)Cc2ccccc2)c1)[C@H](C(C)=O)C(=O)N1C(=O)OC[C@@H]1c1ccccc1. The first kappa shape index (κ1) is 28.8. The number of ether oxygens (including phenoxy) is 1. The summed E-state index contributed by atoms with van der Waals surface area (Å²) in [5.74, 6) is -2.20. The number of anilines is 1. The molecule has 42 heavy (non-hydrogen) atoms. The average Bonchev–Trinajstić information content (AvgIpc) is 3.41. The van der Waals surface area contributed by atoms with Gasteiger partial charge in [0.25, 0.3) is 0 Å². The quantitative estimate of drug-likeness (QED) is 0.180. The second-order valence-electron chi connectivity index (χ2n) is 10.7. The first-order chi connectivity index (χ1) is 20.5. The molecular formula is C36H36N2O4. The van der Waals surface area contributed by atoms with Crippen molar-refractivity contribution in [2.45, 2.75) is 45.3 Å². The lowest BCUT2D eigenvalue weighted by Gasteiger charge is -2.30. The summed E-state index contributed by atoms with van der Waals surface area (Å²) in [4.78, 5) is 43.5. The number of rotatable bonds is 11. The van der Waals surface area contributed by atoms with Gasteiger partial charge in [-0.3, -0.25) is 9.59 Å². The van der Waals surface area contributed by atoms with Crippen LogP contribution in [-0.2, 0) is 27.4 Å². The van der Waals surface area contributed by atoms with Gasteiger partial charge < -0.3 is 9.64 Å². The summed E-state index contributed by atoms with van der Waals surface area (Å²) >= 11 is 0. The van der Waals surface area contributed by atoms with Crippen molar-refractivity contribution in [1.82, 2.24) is 4.90 Å². The molecule has 6 nitrogen and oxygen atoms in total. The maximum Gasteiger partial charge on any atom is 0.417 e. The molecule has 0 bridgehead atoms. The zero-order valence-electron chi connectivity index (χ0n) is 24.1. The van der Waals surface area contributed by atoms with Crippen LogP contribution < -0.4 is 4.90 Å². The summed E-state index contributed by atoms with van der Waals surface area (Å²) in [6, 6.07) is 37.5. The molecule has 1 heterocycles. The van der Waals surface area contributed by atoms with Gasteiger partial charge in [0.15, 0.2) is 0 Å². The van der Waals surface area contributed by atoms with Crippen molar-refractivity contribution in [2.75, 3.05) is 11.5 Å². The van der Waals surface area contributed by atoms with E-state index in [0.717, 1.165) is 21.7 Å². The molecule has 2 amide bonds. The minimum atomic E-state index is -1.01. The summed E-state index contributed by atoms with van der Waals surface area (Å²) in [5.41, 5.74) is 5.05. The lowest BCUT2D eigenvalue weighted by Crippen LogP contribution is -2.43. The van der Waals surface area contributed by atoms with Gasteiger partial charge in [0.05, 0.1) is 0 Å². The highest BCUT2D eigenvalue weighted by Crippen LogP contribution is 2.37. The summed E-state index contributed by atoms with van der Waals surface area (Å²) in [5, 5.41) is 0. The van der Waals surface area contributed by atoms with Crippen molar-refractivity contribution < 1.29 is 19.1 Å². The molecule has 1 aliphatic heterocycles. The third-order valence-electron chi connectivity index (χ3n) is 7.94. The van der Waals surface area contributed by atoms with E-state index in [9.17, 15) is 14.4 Å². The van der Waals surface area contributed by atoms with E-state index in [1.807, 2.05) is 85.8 Å². The van der Waals surface area contributed by atoms with E-state index in [2.05, 4.69) is 41.3 Å². The number of cyclic esters (lactones) is 1.